The van der Waals surface area contributed by atoms with Gasteiger partial charge in [0.25, 0.3) is 5.91 Å². The highest BCUT2D eigenvalue weighted by Gasteiger charge is 2.15. The largest absolute Gasteiger partial charge is 0.493 e. The van der Waals surface area contributed by atoms with E-state index < -0.39 is 5.91 Å². The minimum atomic E-state index is -0.509. The van der Waals surface area contributed by atoms with E-state index in [1.807, 2.05) is 55.5 Å². The van der Waals surface area contributed by atoms with Crippen LogP contribution in [0.3, 0.4) is 0 Å². The zero-order valence-corrected chi connectivity index (χ0v) is 20.1. The number of fused-ring (bicyclic) bond motifs is 1. The summed E-state index contributed by atoms with van der Waals surface area (Å²) in [7, 11) is 1.51. The van der Waals surface area contributed by atoms with Crippen LogP contribution in [0.2, 0.25) is 5.02 Å². The Morgan fingerprint density at radius 1 is 1.03 bits per heavy atom. The average Bonchev–Trinajstić information content (AvgIpc) is 2.86. The van der Waals surface area contributed by atoms with Crippen molar-refractivity contribution in [3.05, 3.63) is 106 Å². The summed E-state index contributed by atoms with van der Waals surface area (Å²) < 4.78 is 11.5. The Balaban J connectivity index is 1.54. The second-order valence-electron chi connectivity index (χ2n) is 8.00. The number of carbonyl (C=O) groups excluding carboxylic acids is 1. The maximum absolute atomic E-state index is 12.6. The highest BCUT2D eigenvalue weighted by molar-refractivity contribution is 6.32. The molecule has 0 aromatic heterocycles. The molecule has 0 spiro atoms. The Morgan fingerprint density at radius 2 is 1.83 bits per heavy atom. The standard InChI is InChI=1S/C29H23ClN2O3/c1-19-6-5-9-25(12-19)32-29(33)24(17-31)14-21-15-26(30)28(27(16-21)34-2)35-18-20-10-11-22-7-3-4-8-23(22)13-20/h3-16H,18H2,1-2H3,(H,32,33)/b24-14-. The number of nitrogens with zero attached hydrogens (tertiary/aromatic N) is 1. The minimum absolute atomic E-state index is 0.0607. The SMILES string of the molecule is COc1cc(/C=C(/C#N)C(=O)Nc2cccc(C)c2)cc(Cl)c1OCc1ccc2ccccc2c1. The minimum Gasteiger partial charge on any atom is -0.493 e. The number of hydrogen-bond acceptors (Lipinski definition) is 4. The predicted octanol–water partition coefficient (Wildman–Crippen LogP) is 6.93. The summed E-state index contributed by atoms with van der Waals surface area (Å²) in [5.41, 5.74) is 3.09. The molecular formula is C29H23ClN2O3. The van der Waals surface area contributed by atoms with Crippen molar-refractivity contribution < 1.29 is 14.3 Å². The number of ether oxygens (including phenoxy) is 2. The maximum atomic E-state index is 12.6. The molecule has 5 nitrogen and oxygen atoms in total. The first-order valence-corrected chi connectivity index (χ1v) is 11.3. The van der Waals surface area contributed by atoms with Crippen LogP contribution in [0.25, 0.3) is 16.8 Å². The average molecular weight is 483 g/mol. The third kappa shape index (κ3) is 5.81. The number of methoxy groups -OCH3 is 1. The summed E-state index contributed by atoms with van der Waals surface area (Å²) >= 11 is 6.51. The van der Waals surface area contributed by atoms with Crippen molar-refractivity contribution in [2.24, 2.45) is 0 Å². The molecule has 0 atom stereocenters. The zero-order valence-electron chi connectivity index (χ0n) is 19.3. The van der Waals surface area contributed by atoms with Gasteiger partial charge in [-0.05, 0) is 70.8 Å². The summed E-state index contributed by atoms with van der Waals surface area (Å²) in [5.74, 6) is 0.285. The summed E-state index contributed by atoms with van der Waals surface area (Å²) in [6, 6.07) is 26.9. The van der Waals surface area contributed by atoms with Crippen LogP contribution in [0, 0.1) is 18.3 Å². The second kappa shape index (κ2) is 10.8. The fourth-order valence-corrected chi connectivity index (χ4v) is 3.96. The van der Waals surface area contributed by atoms with Gasteiger partial charge in [-0.3, -0.25) is 4.79 Å². The third-order valence-electron chi connectivity index (χ3n) is 5.40. The van der Waals surface area contributed by atoms with E-state index in [9.17, 15) is 10.1 Å². The van der Waals surface area contributed by atoms with Gasteiger partial charge in [-0.15, -0.1) is 0 Å². The van der Waals surface area contributed by atoms with E-state index in [1.165, 1.54) is 13.2 Å². The van der Waals surface area contributed by atoms with Crippen LogP contribution in [0.5, 0.6) is 11.5 Å². The quantitative estimate of drug-likeness (QED) is 0.229. The molecular weight excluding hydrogens is 460 g/mol. The van der Waals surface area contributed by atoms with Crippen LogP contribution in [0.4, 0.5) is 5.69 Å². The van der Waals surface area contributed by atoms with Crippen molar-refractivity contribution in [3.8, 4) is 17.6 Å². The fraction of sp³-hybridized carbons (Fsp3) is 0.103. The number of nitriles is 1. The lowest BCUT2D eigenvalue weighted by Gasteiger charge is -2.14. The van der Waals surface area contributed by atoms with E-state index in [0.29, 0.717) is 34.4 Å². The van der Waals surface area contributed by atoms with Crippen LogP contribution in [0.1, 0.15) is 16.7 Å². The predicted molar refractivity (Wildman–Crippen MR) is 140 cm³/mol. The first-order valence-electron chi connectivity index (χ1n) is 10.9. The van der Waals surface area contributed by atoms with Crippen LogP contribution < -0.4 is 14.8 Å². The summed E-state index contributed by atoms with van der Waals surface area (Å²) in [6.07, 6.45) is 1.46. The molecule has 0 heterocycles. The van der Waals surface area contributed by atoms with Crippen LogP contribution in [-0.2, 0) is 11.4 Å². The molecule has 0 aliphatic rings. The van der Waals surface area contributed by atoms with E-state index in [2.05, 4.69) is 23.5 Å². The lowest BCUT2D eigenvalue weighted by molar-refractivity contribution is -0.112. The molecule has 0 saturated carbocycles. The van der Waals surface area contributed by atoms with Crippen LogP contribution in [0.15, 0.2) is 84.4 Å². The van der Waals surface area contributed by atoms with Gasteiger partial charge < -0.3 is 14.8 Å². The maximum Gasteiger partial charge on any atom is 0.266 e. The number of amides is 1. The van der Waals surface area contributed by atoms with Gasteiger partial charge in [0, 0.05) is 5.69 Å². The van der Waals surface area contributed by atoms with E-state index in [1.54, 1.807) is 18.2 Å². The lowest BCUT2D eigenvalue weighted by Crippen LogP contribution is -2.13. The van der Waals surface area contributed by atoms with Crippen molar-refractivity contribution in [1.29, 1.82) is 5.26 Å². The molecule has 4 aromatic carbocycles. The Kier molecular flexibility index (Phi) is 7.35. The van der Waals surface area contributed by atoms with E-state index in [-0.39, 0.29) is 5.57 Å². The summed E-state index contributed by atoms with van der Waals surface area (Å²) in [5, 5.41) is 14.9. The van der Waals surface area contributed by atoms with Crippen LogP contribution >= 0.6 is 11.6 Å². The van der Waals surface area contributed by atoms with Crippen molar-refractivity contribution in [3.63, 3.8) is 0 Å². The highest BCUT2D eigenvalue weighted by Crippen LogP contribution is 2.37. The third-order valence-corrected chi connectivity index (χ3v) is 5.68. The molecule has 0 fully saturated rings. The molecule has 0 aliphatic carbocycles. The van der Waals surface area contributed by atoms with Crippen LogP contribution in [-0.4, -0.2) is 13.0 Å². The van der Waals surface area contributed by atoms with Crippen molar-refractivity contribution >= 4 is 40.0 Å². The number of rotatable bonds is 7. The van der Waals surface area contributed by atoms with E-state index in [0.717, 1.165) is 21.9 Å². The van der Waals surface area contributed by atoms with Gasteiger partial charge >= 0.3 is 0 Å². The topological polar surface area (TPSA) is 71.3 Å². The van der Waals surface area contributed by atoms with Gasteiger partial charge in [0.05, 0.1) is 12.1 Å². The fourth-order valence-electron chi connectivity index (χ4n) is 3.68. The molecule has 0 saturated heterocycles. The van der Waals surface area contributed by atoms with Crippen molar-refractivity contribution in [2.45, 2.75) is 13.5 Å². The molecule has 4 rings (SSSR count). The molecule has 0 radical (unpaired) electrons. The monoisotopic (exact) mass is 482 g/mol. The number of nitrogens with one attached hydrogen (secondary N) is 1. The molecule has 0 aliphatic heterocycles. The van der Waals surface area contributed by atoms with E-state index in [4.69, 9.17) is 21.1 Å². The number of halogens is 1. The second-order valence-corrected chi connectivity index (χ2v) is 8.40. The van der Waals surface area contributed by atoms with Gasteiger partial charge in [-0.1, -0.05) is 60.1 Å². The Labute approximate surface area is 209 Å². The molecule has 6 heteroatoms. The first-order chi connectivity index (χ1) is 17.0. The molecule has 1 N–H and O–H groups in total. The summed E-state index contributed by atoms with van der Waals surface area (Å²) in [4.78, 5) is 12.6. The summed E-state index contributed by atoms with van der Waals surface area (Å²) in [6.45, 7) is 2.23. The smallest absolute Gasteiger partial charge is 0.266 e. The van der Waals surface area contributed by atoms with Gasteiger partial charge in [0.15, 0.2) is 11.5 Å². The number of aryl methyl sites for hydroxylation is 1. The molecule has 174 valence electrons. The number of carbonyl (C=O) groups is 1. The molecule has 4 aromatic rings. The number of hydrogen-bond donors (Lipinski definition) is 1. The van der Waals surface area contributed by atoms with E-state index >= 15 is 0 Å². The van der Waals surface area contributed by atoms with Crippen molar-refractivity contribution in [1.82, 2.24) is 0 Å². The molecule has 35 heavy (non-hydrogen) atoms. The number of benzene rings is 4. The van der Waals surface area contributed by atoms with Gasteiger partial charge in [0.1, 0.15) is 18.2 Å². The molecule has 0 bridgehead atoms. The Morgan fingerprint density at radius 3 is 2.57 bits per heavy atom. The highest BCUT2D eigenvalue weighted by atomic mass is 35.5. The molecule has 1 amide bonds. The molecule has 0 unspecified atom stereocenters. The normalized spacial score (nSPS) is 11.1. The zero-order chi connectivity index (χ0) is 24.8. The van der Waals surface area contributed by atoms with Gasteiger partial charge in [-0.2, -0.15) is 5.26 Å². The number of anilines is 1. The van der Waals surface area contributed by atoms with Gasteiger partial charge in [0.2, 0.25) is 0 Å². The Bertz CT molecular complexity index is 1470. The first kappa shape index (κ1) is 23.9. The van der Waals surface area contributed by atoms with Gasteiger partial charge in [-0.25, -0.2) is 0 Å². The van der Waals surface area contributed by atoms with Crippen molar-refractivity contribution in [2.75, 3.05) is 12.4 Å². The Hall–Kier alpha value is -4.27. The lowest BCUT2D eigenvalue weighted by atomic mass is 10.1.